The van der Waals surface area contributed by atoms with Gasteiger partial charge in [0.1, 0.15) is 6.04 Å². The average Bonchev–Trinajstić information content (AvgIpc) is 2.86. The Kier molecular flexibility index (Phi) is 5.49. The summed E-state index contributed by atoms with van der Waals surface area (Å²) in [7, 11) is 0. The van der Waals surface area contributed by atoms with Crippen molar-refractivity contribution in [3.05, 3.63) is 29.3 Å². The predicted octanol–water partition coefficient (Wildman–Crippen LogP) is 2.84. The second kappa shape index (κ2) is 7.35. The van der Waals surface area contributed by atoms with E-state index in [1.54, 1.807) is 11.3 Å². The van der Waals surface area contributed by atoms with Crippen LogP contribution in [0, 0.1) is 5.92 Å². The van der Waals surface area contributed by atoms with Crippen molar-refractivity contribution in [2.75, 3.05) is 0 Å². The van der Waals surface area contributed by atoms with Crippen LogP contribution in [0.15, 0.2) is 24.3 Å². The molecule has 1 unspecified atom stereocenters. The van der Waals surface area contributed by atoms with Crippen molar-refractivity contribution in [2.24, 2.45) is 5.92 Å². The maximum atomic E-state index is 11.9. The molecule has 1 amide bonds. The normalized spacial score (nSPS) is 12.5. The summed E-state index contributed by atoms with van der Waals surface area (Å²) in [6.45, 7) is 3.87. The quantitative estimate of drug-likeness (QED) is 0.822. The van der Waals surface area contributed by atoms with E-state index >= 15 is 0 Å². The molecule has 0 saturated carbocycles. The molecule has 0 aliphatic carbocycles. The van der Waals surface area contributed by atoms with Crippen LogP contribution in [0.2, 0.25) is 0 Å². The molecule has 22 heavy (non-hydrogen) atoms. The number of aromatic nitrogens is 1. The molecule has 0 saturated heterocycles. The molecular formula is C16H20N2O3S. The van der Waals surface area contributed by atoms with Crippen LogP contribution in [0.5, 0.6) is 0 Å². The summed E-state index contributed by atoms with van der Waals surface area (Å²) < 4.78 is 1.10. The van der Waals surface area contributed by atoms with Gasteiger partial charge in [-0.3, -0.25) is 4.79 Å². The minimum atomic E-state index is -0.984. The van der Waals surface area contributed by atoms with Gasteiger partial charge in [-0.25, -0.2) is 9.78 Å². The van der Waals surface area contributed by atoms with Gasteiger partial charge in [-0.2, -0.15) is 0 Å². The van der Waals surface area contributed by atoms with Crippen molar-refractivity contribution in [3.8, 4) is 0 Å². The number of rotatable bonds is 7. The molecule has 2 rings (SSSR count). The number of carbonyl (C=O) groups excluding carboxylic acids is 1. The van der Waals surface area contributed by atoms with Crippen molar-refractivity contribution in [3.63, 3.8) is 0 Å². The molecular weight excluding hydrogens is 300 g/mol. The molecule has 5 nitrogen and oxygen atoms in total. The van der Waals surface area contributed by atoms with Crippen LogP contribution in [0.1, 0.15) is 31.7 Å². The third-order valence-electron chi connectivity index (χ3n) is 3.24. The standard InChI is InChI=1S/C16H20N2O3S/c1-10(2)9-12(16(20)21)17-14(19)7-8-15-18-11-5-3-4-6-13(11)22-15/h3-6,10,12H,7-9H2,1-2H3,(H,17,19)(H,20,21). The SMILES string of the molecule is CC(C)CC(NC(=O)CCc1nc2ccccc2s1)C(=O)O. The molecule has 1 aromatic heterocycles. The Balaban J connectivity index is 1.90. The number of para-hydroxylation sites is 1. The fourth-order valence-electron chi connectivity index (χ4n) is 2.21. The second-order valence-corrected chi connectivity index (χ2v) is 6.78. The van der Waals surface area contributed by atoms with Crippen LogP contribution >= 0.6 is 11.3 Å². The van der Waals surface area contributed by atoms with Gasteiger partial charge in [-0.15, -0.1) is 11.3 Å². The molecule has 0 radical (unpaired) electrons. The number of carboxylic acids is 1. The molecule has 118 valence electrons. The summed E-state index contributed by atoms with van der Waals surface area (Å²) in [6, 6.07) is 7.02. The molecule has 1 heterocycles. The van der Waals surface area contributed by atoms with Gasteiger partial charge < -0.3 is 10.4 Å². The van der Waals surface area contributed by atoms with E-state index < -0.39 is 12.0 Å². The lowest BCUT2D eigenvalue weighted by atomic mass is 10.0. The highest BCUT2D eigenvalue weighted by Crippen LogP contribution is 2.22. The number of aliphatic carboxylic acids is 1. The Labute approximate surface area is 133 Å². The number of benzene rings is 1. The van der Waals surface area contributed by atoms with E-state index in [1.165, 1.54) is 0 Å². The number of thiazole rings is 1. The first kappa shape index (κ1) is 16.4. The van der Waals surface area contributed by atoms with Gasteiger partial charge in [0.05, 0.1) is 15.2 Å². The fraction of sp³-hybridized carbons (Fsp3) is 0.438. The fourth-order valence-corrected chi connectivity index (χ4v) is 3.17. The van der Waals surface area contributed by atoms with Gasteiger partial charge in [0, 0.05) is 12.8 Å². The molecule has 0 aliphatic heterocycles. The van der Waals surface area contributed by atoms with Crippen LogP contribution in [0.25, 0.3) is 10.2 Å². The third-order valence-corrected chi connectivity index (χ3v) is 4.34. The van der Waals surface area contributed by atoms with Crippen molar-refractivity contribution in [2.45, 2.75) is 39.2 Å². The predicted molar refractivity (Wildman–Crippen MR) is 87.0 cm³/mol. The van der Waals surface area contributed by atoms with E-state index in [-0.39, 0.29) is 18.2 Å². The average molecular weight is 320 g/mol. The number of fused-ring (bicyclic) bond motifs is 1. The van der Waals surface area contributed by atoms with E-state index in [1.807, 2.05) is 38.1 Å². The van der Waals surface area contributed by atoms with E-state index in [4.69, 9.17) is 5.11 Å². The number of aryl methyl sites for hydroxylation is 1. The summed E-state index contributed by atoms with van der Waals surface area (Å²) in [4.78, 5) is 27.5. The lowest BCUT2D eigenvalue weighted by Crippen LogP contribution is -2.41. The zero-order valence-electron chi connectivity index (χ0n) is 12.7. The highest BCUT2D eigenvalue weighted by Gasteiger charge is 2.21. The topological polar surface area (TPSA) is 79.3 Å². The Morgan fingerprint density at radius 1 is 1.32 bits per heavy atom. The summed E-state index contributed by atoms with van der Waals surface area (Å²) in [5.41, 5.74) is 0.936. The zero-order valence-corrected chi connectivity index (χ0v) is 13.5. The number of hydrogen-bond donors (Lipinski definition) is 2. The number of hydrogen-bond acceptors (Lipinski definition) is 4. The first-order valence-electron chi connectivity index (χ1n) is 7.32. The van der Waals surface area contributed by atoms with Gasteiger partial charge in [0.25, 0.3) is 0 Å². The molecule has 2 N–H and O–H groups in total. The summed E-state index contributed by atoms with van der Waals surface area (Å²) in [5, 5.41) is 12.6. The smallest absolute Gasteiger partial charge is 0.326 e. The number of carboxylic acid groups (broad SMARTS) is 1. The van der Waals surface area contributed by atoms with Crippen molar-refractivity contribution in [1.29, 1.82) is 0 Å². The van der Waals surface area contributed by atoms with Gasteiger partial charge in [-0.1, -0.05) is 26.0 Å². The highest BCUT2D eigenvalue weighted by molar-refractivity contribution is 7.18. The van der Waals surface area contributed by atoms with Crippen LogP contribution in [-0.4, -0.2) is 28.0 Å². The van der Waals surface area contributed by atoms with Crippen molar-refractivity contribution >= 4 is 33.4 Å². The summed E-state index contributed by atoms with van der Waals surface area (Å²) in [6.07, 6.45) is 1.21. The highest BCUT2D eigenvalue weighted by atomic mass is 32.1. The largest absolute Gasteiger partial charge is 0.480 e. The molecule has 0 aliphatic rings. The maximum Gasteiger partial charge on any atom is 0.326 e. The molecule has 2 aromatic rings. The number of nitrogens with zero attached hydrogens (tertiary/aromatic N) is 1. The first-order chi connectivity index (χ1) is 10.5. The Hall–Kier alpha value is -1.95. The van der Waals surface area contributed by atoms with Gasteiger partial charge in [0.15, 0.2) is 0 Å². The lowest BCUT2D eigenvalue weighted by Gasteiger charge is -2.16. The van der Waals surface area contributed by atoms with Crippen LogP contribution in [0.4, 0.5) is 0 Å². The third kappa shape index (κ3) is 4.53. The van der Waals surface area contributed by atoms with E-state index in [9.17, 15) is 9.59 Å². The number of carbonyl (C=O) groups is 2. The van der Waals surface area contributed by atoms with Gasteiger partial charge >= 0.3 is 5.97 Å². The summed E-state index contributed by atoms with van der Waals surface area (Å²) in [5.74, 6) is -1.01. The Morgan fingerprint density at radius 2 is 2.05 bits per heavy atom. The van der Waals surface area contributed by atoms with Crippen molar-refractivity contribution in [1.82, 2.24) is 10.3 Å². The minimum Gasteiger partial charge on any atom is -0.480 e. The van der Waals surface area contributed by atoms with E-state index in [2.05, 4.69) is 10.3 Å². The Morgan fingerprint density at radius 3 is 2.68 bits per heavy atom. The molecule has 0 spiro atoms. The van der Waals surface area contributed by atoms with Crippen LogP contribution < -0.4 is 5.32 Å². The maximum absolute atomic E-state index is 11.9. The second-order valence-electron chi connectivity index (χ2n) is 5.66. The molecule has 0 bridgehead atoms. The zero-order chi connectivity index (χ0) is 16.1. The number of amides is 1. The molecule has 0 fully saturated rings. The molecule has 1 atom stereocenters. The summed E-state index contributed by atoms with van der Waals surface area (Å²) >= 11 is 1.57. The molecule has 1 aromatic carbocycles. The van der Waals surface area contributed by atoms with Crippen LogP contribution in [0.3, 0.4) is 0 Å². The van der Waals surface area contributed by atoms with Crippen molar-refractivity contribution < 1.29 is 14.7 Å². The van der Waals surface area contributed by atoms with Crippen LogP contribution in [-0.2, 0) is 16.0 Å². The minimum absolute atomic E-state index is 0.214. The van der Waals surface area contributed by atoms with E-state index in [0.29, 0.717) is 12.8 Å². The van der Waals surface area contributed by atoms with Gasteiger partial charge in [-0.05, 0) is 24.5 Å². The monoisotopic (exact) mass is 320 g/mol. The lowest BCUT2D eigenvalue weighted by molar-refractivity contribution is -0.142. The number of nitrogens with one attached hydrogen (secondary N) is 1. The van der Waals surface area contributed by atoms with E-state index in [0.717, 1.165) is 15.2 Å². The Bertz CT molecular complexity index is 633. The molecule has 6 heteroatoms. The first-order valence-corrected chi connectivity index (χ1v) is 8.14. The van der Waals surface area contributed by atoms with Gasteiger partial charge in [0.2, 0.25) is 5.91 Å².